The third kappa shape index (κ3) is 5.91. The molecule has 0 saturated heterocycles. The second-order valence-electron chi connectivity index (χ2n) is 7.66. The summed E-state index contributed by atoms with van der Waals surface area (Å²) in [4.78, 5) is 13.1. The van der Waals surface area contributed by atoms with Crippen LogP contribution in [0.4, 0.5) is 5.69 Å². The molecule has 1 amide bonds. The maximum Gasteiger partial charge on any atom is 0.244 e. The monoisotopic (exact) mass is 448 g/mol. The highest BCUT2D eigenvalue weighted by Crippen LogP contribution is 2.31. The number of ether oxygens (including phenoxy) is 2. The molecule has 2 aromatic rings. The van der Waals surface area contributed by atoms with E-state index in [0.29, 0.717) is 23.6 Å². The summed E-state index contributed by atoms with van der Waals surface area (Å²) in [6.45, 7) is 7.33. The lowest BCUT2D eigenvalue weighted by Crippen LogP contribution is -2.48. The van der Waals surface area contributed by atoms with E-state index >= 15 is 0 Å². The molecule has 0 fully saturated rings. The Hall–Kier alpha value is -2.74. The molecule has 2 rings (SSSR count). The lowest BCUT2D eigenvalue weighted by atomic mass is 10.0. The van der Waals surface area contributed by atoms with Crippen LogP contribution in [0.2, 0.25) is 0 Å². The van der Waals surface area contributed by atoms with Crippen LogP contribution >= 0.6 is 0 Å². The van der Waals surface area contributed by atoms with Crippen LogP contribution in [0.25, 0.3) is 0 Å². The van der Waals surface area contributed by atoms with Crippen molar-refractivity contribution in [1.82, 2.24) is 5.32 Å². The lowest BCUT2D eigenvalue weighted by molar-refractivity contribution is -0.122. The molecule has 0 saturated carbocycles. The third-order valence-electron chi connectivity index (χ3n) is 5.08. The van der Waals surface area contributed by atoms with Gasteiger partial charge in [0.05, 0.1) is 32.2 Å². The van der Waals surface area contributed by atoms with E-state index in [2.05, 4.69) is 5.32 Å². The number of hydrogen-bond acceptors (Lipinski definition) is 5. The number of nitrogens with one attached hydrogen (secondary N) is 1. The van der Waals surface area contributed by atoms with Crippen molar-refractivity contribution in [3.05, 3.63) is 53.1 Å². The highest BCUT2D eigenvalue weighted by molar-refractivity contribution is 7.92. The predicted octanol–water partition coefficient (Wildman–Crippen LogP) is 3.74. The zero-order chi connectivity index (χ0) is 23.3. The molecule has 0 unspecified atom stereocenters. The van der Waals surface area contributed by atoms with E-state index in [1.54, 1.807) is 39.3 Å². The topological polar surface area (TPSA) is 84.9 Å². The van der Waals surface area contributed by atoms with E-state index in [1.165, 1.54) is 4.31 Å². The van der Waals surface area contributed by atoms with Gasteiger partial charge in [-0.25, -0.2) is 8.42 Å². The molecule has 31 heavy (non-hydrogen) atoms. The summed E-state index contributed by atoms with van der Waals surface area (Å²) in [6, 6.07) is 9.71. The van der Waals surface area contributed by atoms with E-state index in [-0.39, 0.29) is 11.9 Å². The largest absolute Gasteiger partial charge is 0.493 e. The summed E-state index contributed by atoms with van der Waals surface area (Å²) in [6.07, 6.45) is 1.73. The van der Waals surface area contributed by atoms with Gasteiger partial charge in [0, 0.05) is 0 Å². The Morgan fingerprint density at radius 2 is 1.61 bits per heavy atom. The average Bonchev–Trinajstić information content (AvgIpc) is 2.69. The van der Waals surface area contributed by atoms with E-state index in [1.807, 2.05) is 39.0 Å². The molecular weight excluding hydrogens is 416 g/mol. The van der Waals surface area contributed by atoms with Crippen LogP contribution in [0.1, 0.15) is 43.0 Å². The number of aryl methyl sites for hydroxylation is 2. The van der Waals surface area contributed by atoms with Gasteiger partial charge in [-0.2, -0.15) is 0 Å². The van der Waals surface area contributed by atoms with Crippen molar-refractivity contribution in [3.63, 3.8) is 0 Å². The Balaban J connectivity index is 2.34. The number of methoxy groups -OCH3 is 2. The van der Waals surface area contributed by atoms with Crippen molar-refractivity contribution >= 4 is 21.6 Å². The Kier molecular flexibility index (Phi) is 7.95. The van der Waals surface area contributed by atoms with E-state index in [4.69, 9.17) is 9.47 Å². The number of nitrogens with zero attached hydrogens (tertiary/aromatic N) is 1. The van der Waals surface area contributed by atoms with E-state index in [9.17, 15) is 13.2 Å². The number of anilines is 1. The SMILES string of the molecule is CC[C@H](NC(=O)[C@@H](C)N(c1cc(C)cc(C)c1)S(C)(=O)=O)c1ccc(OC)c(OC)c1. The Morgan fingerprint density at radius 3 is 2.10 bits per heavy atom. The maximum atomic E-state index is 13.1. The van der Waals surface area contributed by atoms with Gasteiger partial charge in [-0.1, -0.05) is 19.1 Å². The number of hydrogen-bond donors (Lipinski definition) is 1. The second kappa shape index (κ2) is 10.0. The van der Waals surface area contributed by atoms with Crippen LogP contribution in [-0.2, 0) is 14.8 Å². The summed E-state index contributed by atoms with van der Waals surface area (Å²) in [5.74, 6) is 0.777. The predicted molar refractivity (Wildman–Crippen MR) is 123 cm³/mol. The molecule has 8 heteroatoms. The van der Waals surface area contributed by atoms with Gasteiger partial charge in [0.2, 0.25) is 15.9 Å². The van der Waals surface area contributed by atoms with E-state index < -0.39 is 16.1 Å². The summed E-state index contributed by atoms with van der Waals surface area (Å²) < 4.78 is 37.0. The first-order chi connectivity index (χ1) is 14.5. The number of carbonyl (C=O) groups excluding carboxylic acids is 1. The second-order valence-corrected chi connectivity index (χ2v) is 9.52. The van der Waals surface area contributed by atoms with Gasteiger partial charge in [-0.15, -0.1) is 0 Å². The van der Waals surface area contributed by atoms with Crippen molar-refractivity contribution in [1.29, 1.82) is 0 Å². The number of amides is 1. The fourth-order valence-corrected chi connectivity index (χ4v) is 4.83. The van der Waals surface area contributed by atoms with Crippen LogP contribution in [-0.4, -0.2) is 40.8 Å². The van der Waals surface area contributed by atoms with Gasteiger partial charge >= 0.3 is 0 Å². The molecule has 0 heterocycles. The van der Waals surface area contributed by atoms with Gasteiger partial charge in [0.1, 0.15) is 6.04 Å². The first-order valence-corrected chi connectivity index (χ1v) is 12.0. The summed E-state index contributed by atoms with van der Waals surface area (Å²) >= 11 is 0. The zero-order valence-corrected chi connectivity index (χ0v) is 20.0. The van der Waals surface area contributed by atoms with E-state index in [0.717, 1.165) is 22.9 Å². The molecule has 0 aliphatic heterocycles. The molecule has 0 aliphatic rings. The number of benzene rings is 2. The third-order valence-corrected chi connectivity index (χ3v) is 6.33. The molecule has 170 valence electrons. The normalized spacial score (nSPS) is 13.3. The minimum atomic E-state index is -3.69. The highest BCUT2D eigenvalue weighted by Gasteiger charge is 2.30. The van der Waals surface area contributed by atoms with Crippen molar-refractivity contribution in [2.24, 2.45) is 0 Å². The van der Waals surface area contributed by atoms with Gasteiger partial charge in [0.15, 0.2) is 11.5 Å². The maximum absolute atomic E-state index is 13.1. The molecule has 0 spiro atoms. The Morgan fingerprint density at radius 1 is 1.03 bits per heavy atom. The Bertz CT molecular complexity index is 1020. The van der Waals surface area contributed by atoms with Crippen LogP contribution < -0.4 is 19.1 Å². The van der Waals surface area contributed by atoms with Crippen molar-refractivity contribution in [3.8, 4) is 11.5 Å². The number of rotatable bonds is 9. The minimum Gasteiger partial charge on any atom is -0.493 e. The van der Waals surface area contributed by atoms with Gasteiger partial charge < -0.3 is 14.8 Å². The van der Waals surface area contributed by atoms with Gasteiger partial charge in [-0.3, -0.25) is 9.10 Å². The van der Waals surface area contributed by atoms with Crippen molar-refractivity contribution in [2.45, 2.75) is 46.2 Å². The highest BCUT2D eigenvalue weighted by atomic mass is 32.2. The van der Waals surface area contributed by atoms with Crippen molar-refractivity contribution in [2.75, 3.05) is 24.8 Å². The molecule has 1 N–H and O–H groups in total. The summed E-state index contributed by atoms with van der Waals surface area (Å²) in [5, 5.41) is 2.98. The first kappa shape index (κ1) is 24.5. The molecule has 0 aromatic heterocycles. The van der Waals surface area contributed by atoms with Crippen LogP contribution in [0.3, 0.4) is 0 Å². The molecule has 0 radical (unpaired) electrons. The minimum absolute atomic E-state index is 0.310. The summed E-state index contributed by atoms with van der Waals surface area (Å²) in [5.41, 5.74) is 3.17. The quantitative estimate of drug-likeness (QED) is 0.632. The van der Waals surface area contributed by atoms with Crippen LogP contribution in [0.5, 0.6) is 11.5 Å². The van der Waals surface area contributed by atoms with Gasteiger partial charge in [0.25, 0.3) is 0 Å². The summed E-state index contributed by atoms with van der Waals surface area (Å²) in [7, 11) is -0.573. The molecule has 0 bridgehead atoms. The zero-order valence-electron chi connectivity index (χ0n) is 19.2. The van der Waals surface area contributed by atoms with Crippen molar-refractivity contribution < 1.29 is 22.7 Å². The molecule has 7 nitrogen and oxygen atoms in total. The smallest absolute Gasteiger partial charge is 0.244 e. The lowest BCUT2D eigenvalue weighted by Gasteiger charge is -2.30. The Labute approximate surface area is 185 Å². The molecule has 2 aromatic carbocycles. The van der Waals surface area contributed by atoms with Crippen LogP contribution in [0, 0.1) is 13.8 Å². The fraction of sp³-hybridized carbons (Fsp3) is 0.435. The number of sulfonamides is 1. The molecular formula is C23H32N2O5S. The van der Waals surface area contributed by atoms with Gasteiger partial charge in [-0.05, 0) is 68.1 Å². The molecule has 2 atom stereocenters. The van der Waals surface area contributed by atoms with Crippen LogP contribution in [0.15, 0.2) is 36.4 Å². The standard InChI is InChI=1S/C23H32N2O5S/c1-8-20(18-9-10-21(29-5)22(14-18)30-6)24-23(26)17(4)25(31(7,27)28)19-12-15(2)11-16(3)13-19/h9-14,17,20H,8H2,1-7H3,(H,24,26)/t17-,20+/m1/s1. The first-order valence-electron chi connectivity index (χ1n) is 10.1. The number of carbonyl (C=O) groups is 1. The molecule has 0 aliphatic carbocycles. The average molecular weight is 449 g/mol. The fourth-order valence-electron chi connectivity index (χ4n) is 3.67.